The normalized spacial score (nSPS) is 11.7. The molecule has 1 amide bonds. The molecule has 0 heterocycles. The lowest BCUT2D eigenvalue weighted by Crippen LogP contribution is -2.36. The maximum Gasteiger partial charge on any atom is 0.416 e. The van der Waals surface area contributed by atoms with Gasteiger partial charge < -0.3 is 20.9 Å². The first-order chi connectivity index (χ1) is 14.7. The van der Waals surface area contributed by atoms with Crippen molar-refractivity contribution < 1.29 is 18.0 Å². The van der Waals surface area contributed by atoms with Crippen LogP contribution in [0.3, 0.4) is 0 Å². The second-order valence-corrected chi connectivity index (χ2v) is 7.23. The van der Waals surface area contributed by atoms with Crippen LogP contribution in [0.1, 0.15) is 23.6 Å². The maximum atomic E-state index is 12.7. The molecule has 0 unspecified atom stereocenters. The number of nitrogens with zero attached hydrogens (tertiary/aromatic N) is 2. The van der Waals surface area contributed by atoms with Crippen molar-refractivity contribution in [2.24, 2.45) is 4.99 Å². The van der Waals surface area contributed by atoms with E-state index in [0.717, 1.165) is 17.7 Å². The second kappa shape index (κ2) is 13.3. The molecule has 176 valence electrons. The number of carbonyl (C=O) groups is 1. The Morgan fingerprint density at radius 2 is 1.72 bits per heavy atom. The van der Waals surface area contributed by atoms with Crippen molar-refractivity contribution in [2.45, 2.75) is 26.2 Å². The number of anilines is 1. The SMILES string of the molecule is CCNC(=NCc1cccc(NC(=O)CN(C)C)c1)NCc1ccc(C(F)(F)F)cc1.I. The molecule has 2 aromatic carbocycles. The Hall–Kier alpha value is -2.34. The van der Waals surface area contributed by atoms with E-state index in [0.29, 0.717) is 43.4 Å². The summed E-state index contributed by atoms with van der Waals surface area (Å²) in [4.78, 5) is 18.2. The summed E-state index contributed by atoms with van der Waals surface area (Å²) < 4.78 is 38.0. The van der Waals surface area contributed by atoms with E-state index in [-0.39, 0.29) is 29.9 Å². The van der Waals surface area contributed by atoms with Crippen molar-refractivity contribution in [1.82, 2.24) is 15.5 Å². The molecule has 0 aliphatic carbocycles. The molecule has 0 spiro atoms. The lowest BCUT2D eigenvalue weighted by Gasteiger charge is -2.13. The molecule has 0 saturated carbocycles. The third-order valence-electron chi connectivity index (χ3n) is 4.18. The van der Waals surface area contributed by atoms with Crippen LogP contribution in [-0.2, 0) is 24.1 Å². The van der Waals surface area contributed by atoms with E-state index in [1.807, 2.05) is 45.3 Å². The molecule has 0 aromatic heterocycles. The van der Waals surface area contributed by atoms with Crippen LogP contribution < -0.4 is 16.0 Å². The summed E-state index contributed by atoms with van der Waals surface area (Å²) in [5, 5.41) is 9.07. The number of carbonyl (C=O) groups excluding carboxylic acids is 1. The molecule has 3 N–H and O–H groups in total. The summed E-state index contributed by atoms with van der Waals surface area (Å²) >= 11 is 0. The number of halogens is 4. The van der Waals surface area contributed by atoms with Crippen LogP contribution in [0.15, 0.2) is 53.5 Å². The molecule has 2 rings (SSSR count). The quantitative estimate of drug-likeness (QED) is 0.258. The van der Waals surface area contributed by atoms with Gasteiger partial charge in [0.1, 0.15) is 0 Å². The van der Waals surface area contributed by atoms with Crippen LogP contribution in [0.4, 0.5) is 18.9 Å². The average molecular weight is 563 g/mol. The van der Waals surface area contributed by atoms with E-state index in [2.05, 4.69) is 20.9 Å². The Morgan fingerprint density at radius 1 is 1.03 bits per heavy atom. The maximum absolute atomic E-state index is 12.7. The molecular formula is C22H29F3IN5O. The zero-order chi connectivity index (χ0) is 22.9. The fourth-order valence-corrected chi connectivity index (χ4v) is 2.74. The molecule has 0 aliphatic heterocycles. The number of hydrogen-bond acceptors (Lipinski definition) is 3. The fraction of sp³-hybridized carbons (Fsp3) is 0.364. The lowest BCUT2D eigenvalue weighted by atomic mass is 10.1. The van der Waals surface area contributed by atoms with Gasteiger partial charge in [-0.2, -0.15) is 13.2 Å². The van der Waals surface area contributed by atoms with Crippen LogP contribution in [0.25, 0.3) is 0 Å². The number of rotatable bonds is 8. The Morgan fingerprint density at radius 3 is 2.31 bits per heavy atom. The van der Waals surface area contributed by atoms with Crippen molar-refractivity contribution in [3.05, 3.63) is 65.2 Å². The fourth-order valence-electron chi connectivity index (χ4n) is 2.74. The van der Waals surface area contributed by atoms with Crippen molar-refractivity contribution in [3.8, 4) is 0 Å². The molecule has 0 aliphatic rings. The molecule has 0 fully saturated rings. The van der Waals surface area contributed by atoms with Crippen LogP contribution in [0.5, 0.6) is 0 Å². The minimum absolute atomic E-state index is 0. The van der Waals surface area contributed by atoms with Gasteiger partial charge in [0.15, 0.2) is 5.96 Å². The first kappa shape index (κ1) is 27.7. The monoisotopic (exact) mass is 563 g/mol. The van der Waals surface area contributed by atoms with Gasteiger partial charge in [0, 0.05) is 18.8 Å². The summed E-state index contributed by atoms with van der Waals surface area (Å²) in [7, 11) is 3.65. The van der Waals surface area contributed by atoms with Gasteiger partial charge in [0.05, 0.1) is 18.7 Å². The predicted octanol–water partition coefficient (Wildman–Crippen LogP) is 4.08. The summed E-state index contributed by atoms with van der Waals surface area (Å²) in [6.07, 6.45) is -4.34. The molecule has 2 aromatic rings. The Bertz CT molecular complexity index is 886. The first-order valence-electron chi connectivity index (χ1n) is 9.89. The minimum atomic E-state index is -4.34. The zero-order valence-electron chi connectivity index (χ0n) is 18.3. The van der Waals surface area contributed by atoms with Gasteiger partial charge in [0.2, 0.25) is 5.91 Å². The van der Waals surface area contributed by atoms with Gasteiger partial charge in [-0.15, -0.1) is 24.0 Å². The number of hydrogen-bond donors (Lipinski definition) is 3. The van der Waals surface area contributed by atoms with Crippen LogP contribution in [0.2, 0.25) is 0 Å². The van der Waals surface area contributed by atoms with E-state index < -0.39 is 11.7 Å². The number of alkyl halides is 3. The van der Waals surface area contributed by atoms with Gasteiger partial charge in [0.25, 0.3) is 0 Å². The highest BCUT2D eigenvalue weighted by Gasteiger charge is 2.29. The Balaban J connectivity index is 0.00000512. The third kappa shape index (κ3) is 9.86. The highest BCUT2D eigenvalue weighted by atomic mass is 127. The molecular weight excluding hydrogens is 534 g/mol. The Kier molecular flexibility index (Phi) is 11.5. The van der Waals surface area contributed by atoms with Gasteiger partial charge in [-0.3, -0.25) is 4.79 Å². The van der Waals surface area contributed by atoms with Gasteiger partial charge >= 0.3 is 6.18 Å². The number of guanidine groups is 1. The highest BCUT2D eigenvalue weighted by molar-refractivity contribution is 14.0. The topological polar surface area (TPSA) is 68.8 Å². The van der Waals surface area contributed by atoms with Gasteiger partial charge in [-0.25, -0.2) is 4.99 Å². The van der Waals surface area contributed by atoms with Crippen LogP contribution in [-0.4, -0.2) is 44.0 Å². The van der Waals surface area contributed by atoms with Gasteiger partial charge in [-0.05, 0) is 56.4 Å². The number of likely N-dealkylation sites (N-methyl/N-ethyl adjacent to an activating group) is 1. The van der Waals surface area contributed by atoms with Crippen LogP contribution in [0, 0.1) is 0 Å². The number of amides is 1. The molecule has 0 radical (unpaired) electrons. The van der Waals surface area contributed by atoms with E-state index in [1.165, 1.54) is 12.1 Å². The molecule has 0 atom stereocenters. The molecule has 0 bridgehead atoms. The molecule has 0 saturated heterocycles. The lowest BCUT2D eigenvalue weighted by molar-refractivity contribution is -0.137. The average Bonchev–Trinajstić information content (AvgIpc) is 2.69. The van der Waals surface area contributed by atoms with E-state index >= 15 is 0 Å². The molecule has 6 nitrogen and oxygen atoms in total. The summed E-state index contributed by atoms with van der Waals surface area (Å²) in [5.74, 6) is 0.446. The van der Waals surface area contributed by atoms with Crippen molar-refractivity contribution in [2.75, 3.05) is 32.5 Å². The van der Waals surface area contributed by atoms with Crippen LogP contribution >= 0.6 is 24.0 Å². The highest BCUT2D eigenvalue weighted by Crippen LogP contribution is 2.29. The standard InChI is InChI=1S/C22H28F3N5O.HI/c1-4-26-21(27-13-16-8-10-18(11-9-16)22(23,24)25)28-14-17-6-5-7-19(12-17)29-20(31)15-30(2)3;/h5-12H,4,13-15H2,1-3H3,(H,29,31)(H2,26,27,28);1H. The van der Waals surface area contributed by atoms with E-state index in [1.54, 1.807) is 4.90 Å². The summed E-state index contributed by atoms with van der Waals surface area (Å²) in [6.45, 7) is 3.57. The number of nitrogens with one attached hydrogen (secondary N) is 3. The third-order valence-corrected chi connectivity index (χ3v) is 4.18. The van der Waals surface area contributed by atoms with E-state index in [4.69, 9.17) is 0 Å². The van der Waals surface area contributed by atoms with Crippen molar-refractivity contribution >= 4 is 41.5 Å². The number of aliphatic imine (C=N–C) groups is 1. The van der Waals surface area contributed by atoms with Crippen molar-refractivity contribution in [3.63, 3.8) is 0 Å². The minimum Gasteiger partial charge on any atom is -0.357 e. The van der Waals surface area contributed by atoms with Crippen molar-refractivity contribution in [1.29, 1.82) is 0 Å². The second-order valence-electron chi connectivity index (χ2n) is 7.23. The largest absolute Gasteiger partial charge is 0.416 e. The summed E-state index contributed by atoms with van der Waals surface area (Å²) in [5.41, 5.74) is 1.65. The summed E-state index contributed by atoms with van der Waals surface area (Å²) in [6, 6.07) is 12.4. The molecule has 10 heteroatoms. The zero-order valence-corrected chi connectivity index (χ0v) is 20.6. The number of benzene rings is 2. The Labute approximate surface area is 203 Å². The smallest absolute Gasteiger partial charge is 0.357 e. The molecule has 32 heavy (non-hydrogen) atoms. The van der Waals surface area contributed by atoms with Gasteiger partial charge in [-0.1, -0.05) is 24.3 Å². The van der Waals surface area contributed by atoms with E-state index in [9.17, 15) is 18.0 Å². The predicted molar refractivity (Wildman–Crippen MR) is 132 cm³/mol. The first-order valence-corrected chi connectivity index (χ1v) is 9.89.